The van der Waals surface area contributed by atoms with Crippen LogP contribution in [0.5, 0.6) is 0 Å². The number of ether oxygens (including phenoxy) is 2. The number of rotatable bonds is 12. The lowest BCUT2D eigenvalue weighted by atomic mass is 9.79. The van der Waals surface area contributed by atoms with Crippen molar-refractivity contribution in [3.05, 3.63) is 24.3 Å². The van der Waals surface area contributed by atoms with E-state index in [1.165, 1.54) is 0 Å². The quantitative estimate of drug-likeness (QED) is 0.351. The average Bonchev–Trinajstić information content (AvgIpc) is 3.39. The minimum absolute atomic E-state index is 0.161. The van der Waals surface area contributed by atoms with Crippen LogP contribution in [-0.2, 0) is 30.9 Å². The Bertz CT molecular complexity index is 774. The number of allylic oxidation sites excluding steroid dienone is 1. The van der Waals surface area contributed by atoms with E-state index in [9.17, 15) is 9.59 Å². The molecule has 7 nitrogen and oxygen atoms in total. The molecule has 1 saturated carbocycles. The van der Waals surface area contributed by atoms with Gasteiger partial charge in [0, 0.05) is 12.5 Å². The van der Waals surface area contributed by atoms with Crippen LogP contribution in [0.4, 0.5) is 0 Å². The Balaban J connectivity index is 2.49. The van der Waals surface area contributed by atoms with Gasteiger partial charge >= 0.3 is 11.9 Å². The summed E-state index contributed by atoms with van der Waals surface area (Å²) in [6.45, 7) is 15.6. The molecule has 31 heavy (non-hydrogen) atoms. The van der Waals surface area contributed by atoms with Gasteiger partial charge in [-0.3, -0.25) is 9.59 Å². The molecule has 174 valence electrons. The first-order valence-corrected chi connectivity index (χ1v) is 11.5. The molecule has 1 aliphatic carbocycles. The fourth-order valence-electron chi connectivity index (χ4n) is 3.83. The summed E-state index contributed by atoms with van der Waals surface area (Å²) in [6, 6.07) is 0.260. The Labute approximate surface area is 186 Å². The number of hydrogen-bond donors (Lipinski definition) is 0. The summed E-state index contributed by atoms with van der Waals surface area (Å²) < 4.78 is 13.1. The second-order valence-corrected chi connectivity index (χ2v) is 9.89. The van der Waals surface area contributed by atoms with Gasteiger partial charge in [-0.1, -0.05) is 26.3 Å². The van der Waals surface area contributed by atoms with Crippen LogP contribution in [0.25, 0.3) is 0 Å². The van der Waals surface area contributed by atoms with Crippen LogP contribution in [0.15, 0.2) is 12.7 Å². The van der Waals surface area contributed by atoms with E-state index >= 15 is 0 Å². The van der Waals surface area contributed by atoms with Crippen LogP contribution in [0.2, 0.25) is 0 Å². The van der Waals surface area contributed by atoms with Gasteiger partial charge in [-0.15, -0.1) is 16.8 Å². The van der Waals surface area contributed by atoms with Gasteiger partial charge in [-0.05, 0) is 59.3 Å². The number of esters is 2. The van der Waals surface area contributed by atoms with Crippen LogP contribution < -0.4 is 0 Å². The Morgan fingerprint density at radius 1 is 1.26 bits per heavy atom. The predicted octanol–water partition coefficient (Wildman–Crippen LogP) is 4.70. The van der Waals surface area contributed by atoms with Gasteiger partial charge in [0.1, 0.15) is 16.8 Å². The summed E-state index contributed by atoms with van der Waals surface area (Å²) in [5, 5.41) is 8.94. The molecule has 0 spiro atoms. The lowest BCUT2D eigenvalue weighted by Gasteiger charge is -2.31. The van der Waals surface area contributed by atoms with Crippen LogP contribution >= 0.6 is 0 Å². The van der Waals surface area contributed by atoms with E-state index in [1.807, 2.05) is 20.8 Å². The summed E-state index contributed by atoms with van der Waals surface area (Å²) in [7, 11) is 0. The van der Waals surface area contributed by atoms with Gasteiger partial charge in [0.15, 0.2) is 5.82 Å². The van der Waals surface area contributed by atoms with E-state index in [0.29, 0.717) is 11.7 Å². The monoisotopic (exact) mass is 433 g/mol. The van der Waals surface area contributed by atoms with Gasteiger partial charge in [-0.2, -0.15) is 0 Å². The van der Waals surface area contributed by atoms with E-state index in [0.717, 1.165) is 37.9 Å². The predicted molar refractivity (Wildman–Crippen MR) is 120 cm³/mol. The first kappa shape index (κ1) is 25.1. The largest absolute Gasteiger partial charge is 0.465 e. The number of hydrogen-bond acceptors (Lipinski definition) is 6. The summed E-state index contributed by atoms with van der Waals surface area (Å²) in [5.41, 5.74) is -1.95. The molecule has 0 bridgehead atoms. The van der Waals surface area contributed by atoms with Crippen molar-refractivity contribution >= 4 is 11.9 Å². The van der Waals surface area contributed by atoms with Crippen molar-refractivity contribution in [2.75, 3.05) is 6.61 Å². The number of carbonyl (C=O) groups excluding carboxylic acids is 2. The maximum absolute atomic E-state index is 13.3. The number of nitrogens with zero attached hydrogens (tertiary/aromatic N) is 3. The van der Waals surface area contributed by atoms with Crippen molar-refractivity contribution in [2.45, 2.75) is 104 Å². The molecule has 7 heteroatoms. The Morgan fingerprint density at radius 3 is 2.45 bits per heavy atom. The molecule has 0 aromatic carbocycles. The lowest BCUT2D eigenvalue weighted by molar-refractivity contribution is -0.163. The molecule has 1 fully saturated rings. The van der Waals surface area contributed by atoms with Crippen LogP contribution in [0, 0.1) is 5.92 Å². The second kappa shape index (κ2) is 10.4. The Kier molecular flexibility index (Phi) is 8.43. The molecule has 1 aromatic rings. The highest BCUT2D eigenvalue weighted by Gasteiger charge is 2.49. The topological polar surface area (TPSA) is 83.3 Å². The summed E-state index contributed by atoms with van der Waals surface area (Å²) >= 11 is 0. The zero-order valence-corrected chi connectivity index (χ0v) is 20.1. The molecule has 2 rings (SSSR count). The standard InChI is InChI=1S/C24H39N3O4/c1-8-15-24(22(29)30-9-2,16-20(28)31-23(5,6)7)21-26-25-19(12-10-11-17(3)4)27(21)18-13-14-18/h8,17-18H,1,9-16H2,2-7H3. The zero-order valence-electron chi connectivity index (χ0n) is 20.1. The number of carbonyl (C=O) groups is 2. The molecule has 0 saturated heterocycles. The third kappa shape index (κ3) is 6.65. The van der Waals surface area contributed by atoms with Gasteiger partial charge < -0.3 is 14.0 Å². The van der Waals surface area contributed by atoms with E-state index in [-0.39, 0.29) is 25.5 Å². The van der Waals surface area contributed by atoms with Gasteiger partial charge in [0.05, 0.1) is 13.0 Å². The molecule has 0 radical (unpaired) electrons. The van der Waals surface area contributed by atoms with Crippen LogP contribution in [0.3, 0.4) is 0 Å². The summed E-state index contributed by atoms with van der Waals surface area (Å²) in [4.78, 5) is 26.2. The van der Waals surface area contributed by atoms with E-state index in [1.54, 1.807) is 13.0 Å². The molecule has 0 N–H and O–H groups in total. The van der Waals surface area contributed by atoms with Gasteiger partial charge in [0.25, 0.3) is 0 Å². The number of aromatic nitrogens is 3. The van der Waals surface area contributed by atoms with Crippen LogP contribution in [0.1, 0.15) is 97.8 Å². The first-order chi connectivity index (χ1) is 14.5. The molecule has 1 aliphatic rings. The van der Waals surface area contributed by atoms with Crippen molar-refractivity contribution in [3.63, 3.8) is 0 Å². The zero-order chi connectivity index (χ0) is 23.2. The molecule has 0 aliphatic heterocycles. The Hall–Kier alpha value is -2.18. The van der Waals surface area contributed by atoms with Gasteiger partial charge in [-0.25, -0.2) is 0 Å². The van der Waals surface area contributed by atoms with E-state index in [4.69, 9.17) is 9.47 Å². The van der Waals surface area contributed by atoms with Gasteiger partial charge in [0.2, 0.25) is 0 Å². The normalized spacial score (nSPS) is 16.1. The third-order valence-electron chi connectivity index (χ3n) is 5.31. The summed E-state index contributed by atoms with van der Waals surface area (Å²) in [6.07, 6.45) is 6.63. The fraction of sp³-hybridized carbons (Fsp3) is 0.750. The molecule has 1 aromatic heterocycles. The molecular weight excluding hydrogens is 394 g/mol. The second-order valence-electron chi connectivity index (χ2n) is 9.89. The smallest absolute Gasteiger partial charge is 0.320 e. The molecular formula is C24H39N3O4. The van der Waals surface area contributed by atoms with Crippen molar-refractivity contribution in [2.24, 2.45) is 5.92 Å². The SMILES string of the molecule is C=CCC(CC(=O)OC(C)(C)C)(C(=O)OCC)c1nnc(CCCC(C)C)n1C1CC1. The Morgan fingerprint density at radius 2 is 1.94 bits per heavy atom. The van der Waals surface area contributed by atoms with Crippen molar-refractivity contribution in [1.29, 1.82) is 0 Å². The highest BCUT2D eigenvalue weighted by atomic mass is 16.6. The van der Waals surface area contributed by atoms with Crippen molar-refractivity contribution in [3.8, 4) is 0 Å². The summed E-state index contributed by atoms with van der Waals surface area (Å²) in [5.74, 6) is 1.04. The lowest BCUT2D eigenvalue weighted by Crippen LogP contribution is -2.43. The third-order valence-corrected chi connectivity index (χ3v) is 5.31. The molecule has 1 unspecified atom stereocenters. The van der Waals surface area contributed by atoms with Crippen LogP contribution in [-0.4, -0.2) is 38.9 Å². The highest BCUT2D eigenvalue weighted by molar-refractivity contribution is 5.88. The van der Waals surface area contributed by atoms with E-state index in [2.05, 4.69) is 35.2 Å². The average molecular weight is 434 g/mol. The minimum atomic E-state index is -1.30. The first-order valence-electron chi connectivity index (χ1n) is 11.5. The van der Waals surface area contributed by atoms with Crippen molar-refractivity contribution < 1.29 is 19.1 Å². The highest BCUT2D eigenvalue weighted by Crippen LogP contribution is 2.42. The fourth-order valence-corrected chi connectivity index (χ4v) is 3.83. The van der Waals surface area contributed by atoms with Crippen molar-refractivity contribution in [1.82, 2.24) is 14.8 Å². The number of aryl methyl sites for hydroxylation is 1. The minimum Gasteiger partial charge on any atom is -0.465 e. The molecule has 0 amide bonds. The van der Waals surface area contributed by atoms with E-state index < -0.39 is 23.0 Å². The maximum atomic E-state index is 13.3. The maximum Gasteiger partial charge on any atom is 0.320 e. The molecule has 1 atom stereocenters. The molecule has 1 heterocycles.